The summed E-state index contributed by atoms with van der Waals surface area (Å²) in [5.41, 5.74) is 0.333. The Kier molecular flexibility index (Phi) is 4.85. The third-order valence-corrected chi connectivity index (χ3v) is 3.73. The molecule has 0 spiro atoms. The highest BCUT2D eigenvalue weighted by Gasteiger charge is 2.08. The maximum atomic E-state index is 11.7. The summed E-state index contributed by atoms with van der Waals surface area (Å²) in [6.45, 7) is 2.11. The van der Waals surface area contributed by atoms with E-state index in [0.717, 1.165) is 14.4 Å². The van der Waals surface area contributed by atoms with Crippen molar-refractivity contribution in [2.75, 3.05) is 6.54 Å². The molecule has 0 saturated heterocycles. The van der Waals surface area contributed by atoms with Crippen LogP contribution in [0.4, 0.5) is 0 Å². The number of amides is 1. The molecule has 2 heterocycles. The van der Waals surface area contributed by atoms with Crippen LogP contribution in [0.2, 0.25) is 0 Å². The lowest BCUT2D eigenvalue weighted by Gasteiger charge is -2.06. The van der Waals surface area contributed by atoms with E-state index in [2.05, 4.69) is 10.4 Å². The van der Waals surface area contributed by atoms with Crippen molar-refractivity contribution in [2.24, 2.45) is 0 Å². The van der Waals surface area contributed by atoms with E-state index in [1.165, 1.54) is 6.07 Å². The molecular weight excluding hydrogens is 288 g/mol. The molecule has 0 aliphatic heterocycles. The summed E-state index contributed by atoms with van der Waals surface area (Å²) >= 11 is 1.58. The van der Waals surface area contributed by atoms with Crippen LogP contribution in [0.3, 0.4) is 0 Å². The van der Waals surface area contributed by atoms with Gasteiger partial charge in [0.25, 0.3) is 5.56 Å². The summed E-state index contributed by atoms with van der Waals surface area (Å²) < 4.78 is 1.13. The maximum absolute atomic E-state index is 11.7. The molecule has 0 fully saturated rings. The van der Waals surface area contributed by atoms with E-state index in [-0.39, 0.29) is 31.0 Å². The van der Waals surface area contributed by atoms with Crippen LogP contribution in [-0.2, 0) is 11.3 Å². The highest BCUT2D eigenvalue weighted by atomic mass is 32.1. The number of nitrogens with zero attached hydrogens (tertiary/aromatic N) is 3. The van der Waals surface area contributed by atoms with E-state index in [1.807, 2.05) is 25.1 Å². The van der Waals surface area contributed by atoms with Gasteiger partial charge in [0.1, 0.15) is 12.2 Å². The Morgan fingerprint density at radius 3 is 2.90 bits per heavy atom. The number of carbonyl (C=O) groups is 1. The standard InChI is InChI=1S/C14H14N4O2S/c1-10-3-5-12(21-10)11-4-6-14(20)18(17-11)9-13(19)16-8-2-7-15/h3-6H,2,8-9H2,1H3,(H,16,19). The van der Waals surface area contributed by atoms with Gasteiger partial charge in [-0.25, -0.2) is 4.68 Å². The van der Waals surface area contributed by atoms with Gasteiger partial charge in [0, 0.05) is 17.5 Å². The molecule has 2 aromatic rings. The van der Waals surface area contributed by atoms with E-state index < -0.39 is 0 Å². The van der Waals surface area contributed by atoms with Gasteiger partial charge in [-0.3, -0.25) is 9.59 Å². The SMILES string of the molecule is Cc1ccc(-c2ccc(=O)n(CC(=O)NCCC#N)n2)s1. The Bertz CT molecular complexity index is 742. The first-order valence-electron chi connectivity index (χ1n) is 6.39. The average molecular weight is 302 g/mol. The van der Waals surface area contributed by atoms with Gasteiger partial charge in [-0.1, -0.05) is 0 Å². The van der Waals surface area contributed by atoms with E-state index in [4.69, 9.17) is 5.26 Å². The molecule has 0 aromatic carbocycles. The minimum atomic E-state index is -0.334. The predicted molar refractivity (Wildman–Crippen MR) is 79.8 cm³/mol. The van der Waals surface area contributed by atoms with Gasteiger partial charge < -0.3 is 5.32 Å². The van der Waals surface area contributed by atoms with E-state index in [0.29, 0.717) is 5.69 Å². The number of thiophene rings is 1. The topological polar surface area (TPSA) is 87.8 Å². The molecule has 0 unspecified atom stereocenters. The average Bonchev–Trinajstić information content (AvgIpc) is 2.88. The van der Waals surface area contributed by atoms with Crippen LogP contribution in [0, 0.1) is 18.3 Å². The Labute approximate surface area is 125 Å². The summed E-state index contributed by atoms with van der Waals surface area (Å²) in [7, 11) is 0. The van der Waals surface area contributed by atoms with Crippen molar-refractivity contribution >= 4 is 17.2 Å². The summed E-state index contributed by atoms with van der Waals surface area (Å²) in [5, 5.41) is 15.2. The predicted octanol–water partition coefficient (Wildman–Crippen LogP) is 1.31. The molecule has 0 saturated carbocycles. The summed E-state index contributed by atoms with van der Waals surface area (Å²) in [6, 6.07) is 8.90. The first kappa shape index (κ1) is 14.9. The Hall–Kier alpha value is -2.46. The number of carbonyl (C=O) groups excluding carboxylic acids is 1. The van der Waals surface area contributed by atoms with Crippen molar-refractivity contribution < 1.29 is 4.79 Å². The van der Waals surface area contributed by atoms with E-state index >= 15 is 0 Å². The summed E-state index contributed by atoms with van der Waals surface area (Å²) in [5.74, 6) is -0.334. The monoisotopic (exact) mass is 302 g/mol. The van der Waals surface area contributed by atoms with Gasteiger partial charge in [0.15, 0.2) is 0 Å². The fraction of sp³-hybridized carbons (Fsp3) is 0.286. The van der Waals surface area contributed by atoms with Gasteiger partial charge in [-0.15, -0.1) is 11.3 Å². The van der Waals surface area contributed by atoms with Crippen molar-refractivity contribution in [3.05, 3.63) is 39.5 Å². The first-order chi connectivity index (χ1) is 10.1. The van der Waals surface area contributed by atoms with Crippen molar-refractivity contribution in [1.29, 1.82) is 5.26 Å². The third-order valence-electron chi connectivity index (χ3n) is 2.71. The van der Waals surface area contributed by atoms with Crippen LogP contribution in [0.25, 0.3) is 10.6 Å². The molecule has 0 radical (unpaired) electrons. The largest absolute Gasteiger partial charge is 0.353 e. The minimum Gasteiger partial charge on any atom is -0.353 e. The molecule has 108 valence electrons. The second kappa shape index (κ2) is 6.81. The van der Waals surface area contributed by atoms with Crippen LogP contribution in [0.5, 0.6) is 0 Å². The molecule has 0 aliphatic rings. The molecular formula is C14H14N4O2S. The number of nitriles is 1. The lowest BCUT2D eigenvalue weighted by atomic mass is 10.3. The molecule has 6 nitrogen and oxygen atoms in total. The number of hydrogen-bond acceptors (Lipinski definition) is 5. The normalized spacial score (nSPS) is 10.1. The minimum absolute atomic E-state index is 0.150. The van der Waals surface area contributed by atoms with Crippen molar-refractivity contribution in [3.63, 3.8) is 0 Å². The molecule has 2 rings (SSSR count). The summed E-state index contributed by atoms with van der Waals surface area (Å²) in [4.78, 5) is 25.5. The zero-order valence-electron chi connectivity index (χ0n) is 11.5. The van der Waals surface area contributed by atoms with E-state index in [1.54, 1.807) is 17.4 Å². The van der Waals surface area contributed by atoms with Crippen LogP contribution in [0.1, 0.15) is 11.3 Å². The number of aryl methyl sites for hydroxylation is 1. The zero-order valence-corrected chi connectivity index (χ0v) is 12.3. The van der Waals surface area contributed by atoms with E-state index in [9.17, 15) is 9.59 Å². The Morgan fingerprint density at radius 1 is 1.43 bits per heavy atom. The van der Waals surface area contributed by atoms with Crippen molar-refractivity contribution in [1.82, 2.24) is 15.1 Å². The van der Waals surface area contributed by atoms with Crippen LogP contribution < -0.4 is 10.9 Å². The highest BCUT2D eigenvalue weighted by Crippen LogP contribution is 2.24. The van der Waals surface area contributed by atoms with Crippen molar-refractivity contribution in [3.8, 4) is 16.6 Å². The molecule has 7 heteroatoms. The van der Waals surface area contributed by atoms with Crippen molar-refractivity contribution in [2.45, 2.75) is 19.9 Å². The number of hydrogen-bond donors (Lipinski definition) is 1. The fourth-order valence-corrected chi connectivity index (χ4v) is 2.55. The lowest BCUT2D eigenvalue weighted by molar-refractivity contribution is -0.121. The van der Waals surface area contributed by atoms with Gasteiger partial charge in [0.05, 0.1) is 17.4 Å². The van der Waals surface area contributed by atoms with Crippen LogP contribution >= 0.6 is 11.3 Å². The first-order valence-corrected chi connectivity index (χ1v) is 7.20. The smallest absolute Gasteiger partial charge is 0.267 e. The second-order valence-corrected chi connectivity index (χ2v) is 5.67. The maximum Gasteiger partial charge on any atom is 0.267 e. The second-order valence-electron chi connectivity index (χ2n) is 4.38. The number of nitrogens with one attached hydrogen (secondary N) is 1. The van der Waals surface area contributed by atoms with Gasteiger partial charge in [-0.2, -0.15) is 10.4 Å². The van der Waals surface area contributed by atoms with Crippen LogP contribution in [0.15, 0.2) is 29.1 Å². The van der Waals surface area contributed by atoms with Gasteiger partial charge in [0.2, 0.25) is 5.91 Å². The molecule has 21 heavy (non-hydrogen) atoms. The van der Waals surface area contributed by atoms with Crippen LogP contribution in [-0.4, -0.2) is 22.2 Å². The lowest BCUT2D eigenvalue weighted by Crippen LogP contribution is -2.33. The number of aromatic nitrogens is 2. The molecule has 1 amide bonds. The Morgan fingerprint density at radius 2 is 2.24 bits per heavy atom. The summed E-state index contributed by atoms with van der Waals surface area (Å²) in [6.07, 6.45) is 0.239. The quantitative estimate of drug-likeness (QED) is 0.843. The number of rotatable bonds is 5. The highest BCUT2D eigenvalue weighted by molar-refractivity contribution is 7.15. The molecule has 1 N–H and O–H groups in total. The Balaban J connectivity index is 2.14. The molecule has 0 aliphatic carbocycles. The fourth-order valence-electron chi connectivity index (χ4n) is 1.72. The molecule has 2 aromatic heterocycles. The zero-order chi connectivity index (χ0) is 15.2. The van der Waals surface area contributed by atoms with Gasteiger partial charge >= 0.3 is 0 Å². The van der Waals surface area contributed by atoms with Gasteiger partial charge in [-0.05, 0) is 25.1 Å². The molecule has 0 bridgehead atoms. The third kappa shape index (κ3) is 4.00. The molecule has 0 atom stereocenters.